The molecule has 4 heteroatoms. The lowest BCUT2D eigenvalue weighted by molar-refractivity contribution is 0.577. The van der Waals surface area contributed by atoms with E-state index in [1.54, 1.807) is 0 Å². The van der Waals surface area contributed by atoms with Crippen LogP contribution in [0.1, 0.15) is 24.9 Å². The predicted molar refractivity (Wildman–Crippen MR) is 97.4 cm³/mol. The first-order valence-electron chi connectivity index (χ1n) is 7.07. The van der Waals surface area contributed by atoms with Crippen LogP contribution in [-0.4, -0.2) is 12.3 Å². The van der Waals surface area contributed by atoms with Crippen LogP contribution in [-0.2, 0) is 0 Å². The summed E-state index contributed by atoms with van der Waals surface area (Å²) in [7, 11) is 0. The number of thioether (sulfide) groups is 1. The van der Waals surface area contributed by atoms with Gasteiger partial charge in [-0.05, 0) is 48.9 Å². The van der Waals surface area contributed by atoms with Crippen LogP contribution >= 0.6 is 39.3 Å². The van der Waals surface area contributed by atoms with Crippen molar-refractivity contribution in [1.82, 2.24) is 5.32 Å². The topological polar surface area (TPSA) is 12.0 Å². The molecule has 112 valence electrons. The standard InChI is InChI=1S/C17H19BrClNS/c1-2-11-20-17(15-5-3-4-6-16(15)19)12-21-14-9-7-13(18)8-10-14/h3-10,17,20H,2,11-12H2,1H3. The average Bonchev–Trinajstić information content (AvgIpc) is 2.50. The maximum atomic E-state index is 6.34. The molecule has 0 fully saturated rings. The van der Waals surface area contributed by atoms with Gasteiger partial charge in [-0.25, -0.2) is 0 Å². The average molecular weight is 385 g/mol. The molecule has 0 spiro atoms. The summed E-state index contributed by atoms with van der Waals surface area (Å²) in [5, 5.41) is 4.43. The molecular weight excluding hydrogens is 366 g/mol. The van der Waals surface area contributed by atoms with Gasteiger partial charge in [0.1, 0.15) is 0 Å². The summed E-state index contributed by atoms with van der Waals surface area (Å²) in [5.74, 6) is 0.964. The van der Waals surface area contributed by atoms with E-state index in [1.807, 2.05) is 30.0 Å². The van der Waals surface area contributed by atoms with Crippen LogP contribution in [0.15, 0.2) is 57.9 Å². The molecule has 0 bridgehead atoms. The molecule has 21 heavy (non-hydrogen) atoms. The van der Waals surface area contributed by atoms with E-state index in [0.717, 1.165) is 28.2 Å². The Labute approximate surface area is 144 Å². The van der Waals surface area contributed by atoms with Crippen molar-refractivity contribution in [2.75, 3.05) is 12.3 Å². The molecule has 1 atom stereocenters. The fourth-order valence-corrected chi connectivity index (χ4v) is 3.56. The van der Waals surface area contributed by atoms with Crippen molar-refractivity contribution in [2.45, 2.75) is 24.3 Å². The second-order valence-electron chi connectivity index (χ2n) is 4.79. The lowest BCUT2D eigenvalue weighted by atomic mass is 10.1. The van der Waals surface area contributed by atoms with Crippen LogP contribution in [0.25, 0.3) is 0 Å². The van der Waals surface area contributed by atoms with E-state index in [9.17, 15) is 0 Å². The van der Waals surface area contributed by atoms with E-state index >= 15 is 0 Å². The van der Waals surface area contributed by atoms with Gasteiger partial charge in [-0.2, -0.15) is 0 Å². The third-order valence-corrected chi connectivity index (χ3v) is 5.13. The van der Waals surface area contributed by atoms with Gasteiger partial charge in [0.25, 0.3) is 0 Å². The summed E-state index contributed by atoms with van der Waals surface area (Å²) in [6.07, 6.45) is 1.11. The molecule has 1 nitrogen and oxygen atoms in total. The highest BCUT2D eigenvalue weighted by molar-refractivity contribution is 9.10. The Kier molecular flexibility index (Phi) is 7.11. The van der Waals surface area contributed by atoms with Crippen molar-refractivity contribution in [3.8, 4) is 0 Å². The van der Waals surface area contributed by atoms with Crippen molar-refractivity contribution >= 4 is 39.3 Å². The minimum atomic E-state index is 0.271. The summed E-state index contributed by atoms with van der Waals surface area (Å²) in [6, 6.07) is 16.8. The first-order chi connectivity index (χ1) is 10.2. The molecule has 0 aliphatic carbocycles. The molecule has 0 heterocycles. The molecule has 0 amide bonds. The Morgan fingerprint density at radius 2 is 1.86 bits per heavy atom. The number of hydrogen-bond acceptors (Lipinski definition) is 2. The summed E-state index contributed by atoms with van der Waals surface area (Å²) < 4.78 is 1.11. The van der Waals surface area contributed by atoms with Crippen molar-refractivity contribution in [2.24, 2.45) is 0 Å². The number of rotatable bonds is 7. The second-order valence-corrected chi connectivity index (χ2v) is 7.21. The fraction of sp³-hybridized carbons (Fsp3) is 0.294. The molecular formula is C17H19BrClNS. The fourth-order valence-electron chi connectivity index (χ4n) is 2.05. The molecule has 0 radical (unpaired) electrons. The van der Waals surface area contributed by atoms with Gasteiger partial charge >= 0.3 is 0 Å². The number of halogens is 2. The zero-order valence-electron chi connectivity index (χ0n) is 12.0. The summed E-state index contributed by atoms with van der Waals surface area (Å²) >= 11 is 11.7. The van der Waals surface area contributed by atoms with Gasteiger partial charge in [0.2, 0.25) is 0 Å². The SMILES string of the molecule is CCCNC(CSc1ccc(Br)cc1)c1ccccc1Cl. The van der Waals surface area contributed by atoms with Gasteiger partial charge < -0.3 is 5.32 Å². The molecule has 0 saturated carbocycles. The molecule has 2 rings (SSSR count). The summed E-state index contributed by atoms with van der Waals surface area (Å²) in [5.41, 5.74) is 1.18. The normalized spacial score (nSPS) is 12.3. The first-order valence-corrected chi connectivity index (χ1v) is 9.22. The lowest BCUT2D eigenvalue weighted by Crippen LogP contribution is -2.24. The highest BCUT2D eigenvalue weighted by Gasteiger charge is 2.14. The molecule has 0 aliphatic rings. The van der Waals surface area contributed by atoms with E-state index in [-0.39, 0.29) is 6.04 Å². The van der Waals surface area contributed by atoms with Crippen molar-refractivity contribution in [1.29, 1.82) is 0 Å². The quantitative estimate of drug-likeness (QED) is 0.593. The smallest absolute Gasteiger partial charge is 0.0454 e. The summed E-state index contributed by atoms with van der Waals surface area (Å²) in [6.45, 7) is 3.18. The molecule has 1 N–H and O–H groups in total. The Bertz CT molecular complexity index is 559. The van der Waals surface area contributed by atoms with Gasteiger partial charge in [0.05, 0.1) is 0 Å². The van der Waals surface area contributed by atoms with Gasteiger partial charge in [-0.1, -0.05) is 52.7 Å². The van der Waals surface area contributed by atoms with Crippen LogP contribution in [0.4, 0.5) is 0 Å². The number of nitrogens with one attached hydrogen (secondary N) is 1. The molecule has 2 aromatic carbocycles. The van der Waals surface area contributed by atoms with E-state index in [1.165, 1.54) is 10.5 Å². The zero-order chi connectivity index (χ0) is 15.1. The first kappa shape index (κ1) is 16.9. The van der Waals surface area contributed by atoms with Crippen LogP contribution in [0.5, 0.6) is 0 Å². The Morgan fingerprint density at radius 3 is 2.52 bits per heavy atom. The number of hydrogen-bond donors (Lipinski definition) is 1. The minimum Gasteiger partial charge on any atom is -0.309 e. The highest BCUT2D eigenvalue weighted by Crippen LogP contribution is 2.29. The van der Waals surface area contributed by atoms with Crippen molar-refractivity contribution in [3.63, 3.8) is 0 Å². The highest BCUT2D eigenvalue weighted by atomic mass is 79.9. The second kappa shape index (κ2) is 8.84. The molecule has 2 aromatic rings. The molecule has 0 saturated heterocycles. The van der Waals surface area contributed by atoms with E-state index in [0.29, 0.717) is 0 Å². The van der Waals surface area contributed by atoms with Gasteiger partial charge in [0, 0.05) is 26.2 Å². The Morgan fingerprint density at radius 1 is 1.14 bits per heavy atom. The van der Waals surface area contributed by atoms with E-state index < -0.39 is 0 Å². The van der Waals surface area contributed by atoms with Crippen LogP contribution in [0.3, 0.4) is 0 Å². The third kappa shape index (κ3) is 5.33. The van der Waals surface area contributed by atoms with E-state index in [4.69, 9.17) is 11.6 Å². The van der Waals surface area contributed by atoms with Gasteiger partial charge in [0.15, 0.2) is 0 Å². The predicted octanol–water partition coefficient (Wildman–Crippen LogP) is 5.94. The lowest BCUT2D eigenvalue weighted by Gasteiger charge is -2.20. The minimum absolute atomic E-state index is 0.271. The Balaban J connectivity index is 2.06. The van der Waals surface area contributed by atoms with Crippen LogP contribution < -0.4 is 5.32 Å². The van der Waals surface area contributed by atoms with Crippen molar-refractivity contribution in [3.05, 3.63) is 63.6 Å². The maximum absolute atomic E-state index is 6.34. The van der Waals surface area contributed by atoms with Crippen molar-refractivity contribution < 1.29 is 0 Å². The maximum Gasteiger partial charge on any atom is 0.0454 e. The monoisotopic (exact) mass is 383 g/mol. The van der Waals surface area contributed by atoms with E-state index in [2.05, 4.69) is 58.5 Å². The molecule has 0 aromatic heterocycles. The zero-order valence-corrected chi connectivity index (χ0v) is 15.1. The molecule has 0 aliphatic heterocycles. The van der Waals surface area contributed by atoms with Crippen LogP contribution in [0.2, 0.25) is 5.02 Å². The molecule has 1 unspecified atom stereocenters. The van der Waals surface area contributed by atoms with Gasteiger partial charge in [-0.3, -0.25) is 0 Å². The van der Waals surface area contributed by atoms with Crippen LogP contribution in [0, 0.1) is 0 Å². The Hall–Kier alpha value is -0.480. The largest absolute Gasteiger partial charge is 0.309 e. The number of benzene rings is 2. The third-order valence-electron chi connectivity index (χ3n) is 3.15. The summed E-state index contributed by atoms with van der Waals surface area (Å²) in [4.78, 5) is 1.27. The van der Waals surface area contributed by atoms with Gasteiger partial charge in [-0.15, -0.1) is 11.8 Å².